The molecule has 2 aromatic carbocycles. The lowest BCUT2D eigenvalue weighted by molar-refractivity contribution is -0.117. The molecule has 0 unspecified atom stereocenters. The third kappa shape index (κ3) is 6.51. The van der Waals surface area contributed by atoms with Crippen molar-refractivity contribution in [1.82, 2.24) is 9.88 Å². The van der Waals surface area contributed by atoms with Crippen LogP contribution in [0.1, 0.15) is 15.9 Å². The fourth-order valence-corrected chi connectivity index (χ4v) is 2.97. The number of pyridine rings is 1. The fourth-order valence-electron chi connectivity index (χ4n) is 2.73. The Kier molecular flexibility index (Phi) is 7.10. The molecule has 2 N–H and O–H groups in total. The Hall–Kier alpha value is -3.03. The van der Waals surface area contributed by atoms with Crippen LogP contribution in [0.25, 0.3) is 0 Å². The molecule has 3 aromatic rings. The first-order valence-electron chi connectivity index (χ1n) is 9.05. The Labute approximate surface area is 178 Å². The number of amides is 2. The molecule has 0 aliphatic carbocycles. The highest BCUT2D eigenvalue weighted by molar-refractivity contribution is 9.10. The van der Waals surface area contributed by atoms with Crippen molar-refractivity contribution in [3.63, 3.8) is 0 Å². The zero-order valence-corrected chi connectivity index (χ0v) is 17.5. The van der Waals surface area contributed by atoms with Gasteiger partial charge in [-0.3, -0.25) is 14.5 Å². The molecule has 29 heavy (non-hydrogen) atoms. The molecule has 0 saturated carbocycles. The summed E-state index contributed by atoms with van der Waals surface area (Å²) in [7, 11) is 1.87. The smallest absolute Gasteiger partial charge is 0.255 e. The van der Waals surface area contributed by atoms with E-state index in [0.717, 1.165) is 15.7 Å². The van der Waals surface area contributed by atoms with E-state index in [1.54, 1.807) is 24.4 Å². The number of para-hydroxylation sites is 1. The number of aromatic nitrogens is 1. The molecule has 2 amide bonds. The third-order valence-electron chi connectivity index (χ3n) is 4.11. The van der Waals surface area contributed by atoms with E-state index in [-0.39, 0.29) is 18.4 Å². The predicted octanol–water partition coefficient (Wildman–Crippen LogP) is 4.17. The highest BCUT2D eigenvalue weighted by atomic mass is 79.9. The van der Waals surface area contributed by atoms with E-state index in [1.807, 2.05) is 60.5 Å². The van der Waals surface area contributed by atoms with Gasteiger partial charge in [-0.15, -0.1) is 0 Å². The molecule has 0 aliphatic heterocycles. The van der Waals surface area contributed by atoms with Crippen molar-refractivity contribution in [2.45, 2.75) is 6.54 Å². The number of hydrogen-bond acceptors (Lipinski definition) is 4. The van der Waals surface area contributed by atoms with Gasteiger partial charge in [0.05, 0.1) is 6.54 Å². The average Bonchev–Trinajstić information content (AvgIpc) is 2.71. The lowest BCUT2D eigenvalue weighted by atomic mass is 10.1. The molecule has 0 spiro atoms. The standard InChI is InChI=1S/C22H21BrN4O2/c1-27(15-21(28)26-20-12-11-18(23)13-24-20)14-16-7-9-17(10-8-16)22(29)25-19-5-3-2-4-6-19/h2-13H,14-15H2,1H3,(H,25,29)(H,24,26,28). The zero-order chi connectivity index (χ0) is 20.6. The highest BCUT2D eigenvalue weighted by Gasteiger charge is 2.10. The highest BCUT2D eigenvalue weighted by Crippen LogP contribution is 2.12. The number of likely N-dealkylation sites (N-methyl/N-ethyl adjacent to an activating group) is 1. The summed E-state index contributed by atoms with van der Waals surface area (Å²) in [5.41, 5.74) is 2.35. The van der Waals surface area contributed by atoms with Crippen LogP contribution in [0.15, 0.2) is 77.4 Å². The SMILES string of the molecule is CN(CC(=O)Nc1ccc(Br)cn1)Cc1ccc(C(=O)Nc2ccccc2)cc1. The Morgan fingerprint density at radius 3 is 2.34 bits per heavy atom. The van der Waals surface area contributed by atoms with Crippen LogP contribution in [0.4, 0.5) is 11.5 Å². The minimum absolute atomic E-state index is 0.138. The predicted molar refractivity (Wildman–Crippen MR) is 118 cm³/mol. The van der Waals surface area contributed by atoms with Crippen LogP contribution in [0.3, 0.4) is 0 Å². The fraction of sp³-hybridized carbons (Fsp3) is 0.136. The van der Waals surface area contributed by atoms with Gasteiger partial charge in [0, 0.05) is 28.5 Å². The number of carbonyl (C=O) groups is 2. The van der Waals surface area contributed by atoms with E-state index >= 15 is 0 Å². The summed E-state index contributed by atoms with van der Waals surface area (Å²) < 4.78 is 0.855. The maximum atomic E-state index is 12.3. The Morgan fingerprint density at radius 2 is 1.69 bits per heavy atom. The molecule has 1 aromatic heterocycles. The molecule has 1 heterocycles. The number of nitrogens with one attached hydrogen (secondary N) is 2. The summed E-state index contributed by atoms with van der Waals surface area (Å²) in [5, 5.41) is 5.63. The minimum atomic E-state index is -0.155. The van der Waals surface area contributed by atoms with Gasteiger partial charge < -0.3 is 10.6 Å². The monoisotopic (exact) mass is 452 g/mol. The van der Waals surface area contributed by atoms with Gasteiger partial charge in [-0.2, -0.15) is 0 Å². The first-order valence-corrected chi connectivity index (χ1v) is 9.84. The Morgan fingerprint density at radius 1 is 0.966 bits per heavy atom. The van der Waals surface area contributed by atoms with Crippen molar-refractivity contribution in [3.05, 3.63) is 88.5 Å². The molecule has 0 saturated heterocycles. The molecule has 0 fully saturated rings. The molecule has 148 valence electrons. The van der Waals surface area contributed by atoms with E-state index in [9.17, 15) is 9.59 Å². The van der Waals surface area contributed by atoms with Crippen LogP contribution in [0.5, 0.6) is 0 Å². The van der Waals surface area contributed by atoms with Gasteiger partial charge in [0.15, 0.2) is 0 Å². The van der Waals surface area contributed by atoms with Gasteiger partial charge in [0.25, 0.3) is 5.91 Å². The first-order chi connectivity index (χ1) is 14.0. The van der Waals surface area contributed by atoms with Crippen LogP contribution in [-0.2, 0) is 11.3 Å². The summed E-state index contributed by atoms with van der Waals surface area (Å²) >= 11 is 3.31. The molecule has 6 nitrogen and oxygen atoms in total. The number of nitrogens with zero attached hydrogens (tertiary/aromatic N) is 2. The quantitative estimate of drug-likeness (QED) is 0.564. The summed E-state index contributed by atoms with van der Waals surface area (Å²) in [5.74, 6) is 0.221. The van der Waals surface area contributed by atoms with Crippen molar-refractivity contribution < 1.29 is 9.59 Å². The summed E-state index contributed by atoms with van der Waals surface area (Å²) in [6, 6.07) is 20.2. The number of carbonyl (C=O) groups excluding carboxylic acids is 2. The van der Waals surface area contributed by atoms with E-state index < -0.39 is 0 Å². The molecule has 0 atom stereocenters. The topological polar surface area (TPSA) is 74.3 Å². The van der Waals surface area contributed by atoms with Crippen LogP contribution in [0, 0.1) is 0 Å². The Bertz CT molecular complexity index is 960. The summed E-state index contributed by atoms with van der Waals surface area (Å²) in [6.45, 7) is 0.815. The zero-order valence-electron chi connectivity index (χ0n) is 15.9. The van der Waals surface area contributed by atoms with Crippen molar-refractivity contribution in [2.24, 2.45) is 0 Å². The van der Waals surface area contributed by atoms with Crippen LogP contribution < -0.4 is 10.6 Å². The average molecular weight is 453 g/mol. The van der Waals surface area contributed by atoms with E-state index in [4.69, 9.17) is 0 Å². The number of rotatable bonds is 7. The van der Waals surface area contributed by atoms with Gasteiger partial charge >= 0.3 is 0 Å². The second-order valence-corrected chi connectivity index (χ2v) is 7.51. The number of hydrogen-bond donors (Lipinski definition) is 2. The molecule has 7 heteroatoms. The van der Waals surface area contributed by atoms with Crippen molar-refractivity contribution >= 4 is 39.2 Å². The van der Waals surface area contributed by atoms with Gasteiger partial charge in [-0.05, 0) is 64.9 Å². The number of anilines is 2. The molecule has 0 aliphatic rings. The van der Waals surface area contributed by atoms with Gasteiger partial charge in [-0.1, -0.05) is 30.3 Å². The maximum absolute atomic E-state index is 12.3. The maximum Gasteiger partial charge on any atom is 0.255 e. The second-order valence-electron chi connectivity index (χ2n) is 6.60. The largest absolute Gasteiger partial charge is 0.322 e. The summed E-state index contributed by atoms with van der Waals surface area (Å²) in [6.07, 6.45) is 1.63. The van der Waals surface area contributed by atoms with E-state index in [2.05, 4.69) is 31.5 Å². The Balaban J connectivity index is 1.50. The van der Waals surface area contributed by atoms with Gasteiger partial charge in [-0.25, -0.2) is 4.98 Å². The van der Waals surface area contributed by atoms with E-state index in [0.29, 0.717) is 17.9 Å². The minimum Gasteiger partial charge on any atom is -0.322 e. The van der Waals surface area contributed by atoms with Gasteiger partial charge in [0.2, 0.25) is 5.91 Å². The van der Waals surface area contributed by atoms with E-state index in [1.165, 1.54) is 0 Å². The lowest BCUT2D eigenvalue weighted by Gasteiger charge is -2.16. The number of benzene rings is 2. The van der Waals surface area contributed by atoms with Crippen molar-refractivity contribution in [2.75, 3.05) is 24.2 Å². The normalized spacial score (nSPS) is 10.6. The van der Waals surface area contributed by atoms with Crippen LogP contribution in [0.2, 0.25) is 0 Å². The van der Waals surface area contributed by atoms with Crippen LogP contribution in [-0.4, -0.2) is 35.3 Å². The third-order valence-corrected chi connectivity index (χ3v) is 4.58. The summed E-state index contributed by atoms with van der Waals surface area (Å²) in [4.78, 5) is 30.5. The molecular weight excluding hydrogens is 432 g/mol. The van der Waals surface area contributed by atoms with Crippen LogP contribution >= 0.6 is 15.9 Å². The number of halogens is 1. The van der Waals surface area contributed by atoms with Crippen molar-refractivity contribution in [3.8, 4) is 0 Å². The molecule has 3 rings (SSSR count). The lowest BCUT2D eigenvalue weighted by Crippen LogP contribution is -2.30. The molecule has 0 bridgehead atoms. The molecule has 0 radical (unpaired) electrons. The van der Waals surface area contributed by atoms with Crippen molar-refractivity contribution in [1.29, 1.82) is 0 Å². The van der Waals surface area contributed by atoms with Gasteiger partial charge in [0.1, 0.15) is 5.82 Å². The second kappa shape index (κ2) is 9.95. The first kappa shape index (κ1) is 20.7. The molecular formula is C22H21BrN4O2.